The summed E-state index contributed by atoms with van der Waals surface area (Å²) in [5.41, 5.74) is -1.10. The fourth-order valence-electron chi connectivity index (χ4n) is 1.57. The molecule has 0 fully saturated rings. The third kappa shape index (κ3) is 3.73. The van der Waals surface area contributed by atoms with Gasteiger partial charge in [0.2, 0.25) is 5.54 Å². The van der Waals surface area contributed by atoms with Gasteiger partial charge < -0.3 is 10.3 Å². The maximum atomic E-state index is 13.6. The van der Waals surface area contributed by atoms with E-state index in [0.717, 1.165) is 12.1 Å². The van der Waals surface area contributed by atoms with Gasteiger partial charge in [-0.25, -0.2) is 4.39 Å². The molecule has 0 atom stereocenters. The molecule has 0 bridgehead atoms. The van der Waals surface area contributed by atoms with Crippen LogP contribution in [-0.4, -0.2) is 15.8 Å². The summed E-state index contributed by atoms with van der Waals surface area (Å²) in [6.07, 6.45) is 0. The third-order valence-electron chi connectivity index (χ3n) is 2.55. The second kappa shape index (κ2) is 4.89. The first-order valence-corrected chi connectivity index (χ1v) is 6.18. The zero-order chi connectivity index (χ0) is 15.0. The average Bonchev–Trinajstić information content (AvgIpc) is 2.23. The summed E-state index contributed by atoms with van der Waals surface area (Å²) in [4.78, 5) is 12.1. The van der Waals surface area contributed by atoms with Gasteiger partial charge in [0.1, 0.15) is 5.82 Å². The van der Waals surface area contributed by atoms with Gasteiger partial charge in [-0.3, -0.25) is 0 Å². The number of anilines is 1. The highest BCUT2D eigenvalue weighted by atomic mass is 19.1. The summed E-state index contributed by atoms with van der Waals surface area (Å²) >= 11 is 0. The minimum Gasteiger partial charge on any atom is -0.758 e. The van der Waals surface area contributed by atoms with Crippen molar-refractivity contribution >= 4 is 11.4 Å². The van der Waals surface area contributed by atoms with Crippen LogP contribution in [0.25, 0.3) is 0 Å². The van der Waals surface area contributed by atoms with Gasteiger partial charge in [0.05, 0.1) is 6.07 Å². The van der Waals surface area contributed by atoms with Crippen LogP contribution in [0.2, 0.25) is 0 Å². The van der Waals surface area contributed by atoms with Crippen molar-refractivity contribution < 1.29 is 9.15 Å². The van der Waals surface area contributed by atoms with Gasteiger partial charge in [0, 0.05) is 47.7 Å². The van der Waals surface area contributed by atoms with Crippen LogP contribution >= 0.6 is 0 Å². The van der Waals surface area contributed by atoms with Gasteiger partial charge in [-0.2, -0.15) is 0 Å². The number of nitroso groups, excluding NO2 is 1. The molecule has 0 radical (unpaired) electrons. The van der Waals surface area contributed by atoms with Crippen molar-refractivity contribution in [3.8, 4) is 0 Å². The van der Waals surface area contributed by atoms with Crippen LogP contribution in [0, 0.1) is 15.9 Å². The molecule has 0 heterocycles. The zero-order valence-corrected chi connectivity index (χ0v) is 12.3. The van der Waals surface area contributed by atoms with Crippen molar-refractivity contribution in [2.24, 2.45) is 0 Å². The van der Waals surface area contributed by atoms with E-state index < -0.39 is 16.9 Å². The van der Waals surface area contributed by atoms with Crippen LogP contribution in [0.3, 0.4) is 0 Å². The van der Waals surface area contributed by atoms with Gasteiger partial charge in [-0.05, 0) is 26.8 Å². The third-order valence-corrected chi connectivity index (χ3v) is 2.55. The van der Waals surface area contributed by atoms with E-state index in [-0.39, 0.29) is 11.4 Å². The summed E-state index contributed by atoms with van der Waals surface area (Å²) < 4.78 is 14.3. The standard InChI is InChI=1S/C14H21FN2O2/c1-13(2,3)16(18)11-7-10(15)8-12(9-11)17(19)14(4,5)6/h7-9H,1-6H3. The predicted molar refractivity (Wildman–Crippen MR) is 75.0 cm³/mol. The van der Waals surface area contributed by atoms with Crippen LogP contribution in [0.4, 0.5) is 15.8 Å². The van der Waals surface area contributed by atoms with E-state index in [9.17, 15) is 14.5 Å². The molecule has 0 spiro atoms. The molecule has 0 aliphatic heterocycles. The molecule has 0 N–H and O–H groups in total. The summed E-state index contributed by atoms with van der Waals surface area (Å²) in [5.74, 6) is -0.595. The van der Waals surface area contributed by atoms with Gasteiger partial charge in [0.25, 0.3) is 5.69 Å². The van der Waals surface area contributed by atoms with Gasteiger partial charge in [0.15, 0.2) is 0 Å². The molecular weight excluding hydrogens is 247 g/mol. The highest BCUT2D eigenvalue weighted by Gasteiger charge is 2.32. The van der Waals surface area contributed by atoms with Crippen LogP contribution in [0.1, 0.15) is 41.5 Å². The number of hydrogen-bond donors (Lipinski definition) is 0. The lowest BCUT2D eigenvalue weighted by molar-refractivity contribution is -0.540. The topological polar surface area (TPSA) is 46.4 Å². The number of rotatable bonds is 2. The first-order valence-electron chi connectivity index (χ1n) is 6.18. The Morgan fingerprint density at radius 2 is 1.63 bits per heavy atom. The molecule has 0 amide bonds. The Labute approximate surface area is 113 Å². The Balaban J connectivity index is 3.26. The van der Waals surface area contributed by atoms with Gasteiger partial charge in [-0.15, -0.1) is 0 Å². The van der Waals surface area contributed by atoms with Gasteiger partial charge >= 0.3 is 0 Å². The second-order valence-electron chi connectivity index (χ2n) is 6.60. The molecule has 1 aromatic carbocycles. The monoisotopic (exact) mass is 268 g/mol. The predicted octanol–water partition coefficient (Wildman–Crippen LogP) is 4.14. The number of hydroxylamine groups is 1. The van der Waals surface area contributed by atoms with E-state index in [4.69, 9.17) is 0 Å². The largest absolute Gasteiger partial charge is 0.758 e. The zero-order valence-electron chi connectivity index (χ0n) is 12.3. The van der Waals surface area contributed by atoms with E-state index in [0.29, 0.717) is 9.82 Å². The van der Waals surface area contributed by atoms with Crippen molar-refractivity contribution in [3.05, 3.63) is 34.1 Å². The molecule has 0 aliphatic rings. The lowest BCUT2D eigenvalue weighted by Crippen LogP contribution is -2.36. The van der Waals surface area contributed by atoms with E-state index in [1.165, 1.54) is 6.07 Å². The smallest absolute Gasteiger partial charge is 0.261 e. The Morgan fingerprint density at radius 3 is 2.05 bits per heavy atom. The first kappa shape index (κ1) is 15.6. The van der Waals surface area contributed by atoms with Gasteiger partial charge in [-0.1, -0.05) is 0 Å². The molecule has 0 saturated heterocycles. The van der Waals surface area contributed by atoms with Crippen molar-refractivity contribution in [1.29, 1.82) is 0 Å². The minimum absolute atomic E-state index is 0.146. The normalized spacial score (nSPS) is 12.4. The molecule has 1 rings (SSSR count). The molecule has 19 heavy (non-hydrogen) atoms. The van der Waals surface area contributed by atoms with Crippen molar-refractivity contribution in [2.45, 2.75) is 52.6 Å². The van der Waals surface area contributed by atoms with Crippen LogP contribution in [0.15, 0.2) is 18.2 Å². The maximum absolute atomic E-state index is 13.6. The van der Waals surface area contributed by atoms with Crippen molar-refractivity contribution in [3.63, 3.8) is 0 Å². The summed E-state index contributed by atoms with van der Waals surface area (Å²) in [7, 11) is 0. The highest BCUT2D eigenvalue weighted by molar-refractivity contribution is 5.55. The van der Waals surface area contributed by atoms with E-state index in [1.807, 2.05) is 0 Å². The molecule has 0 aromatic heterocycles. The van der Waals surface area contributed by atoms with Crippen LogP contribution < -0.4 is 5.06 Å². The highest BCUT2D eigenvalue weighted by Crippen LogP contribution is 2.30. The molecular formula is C14H21FN2O2. The number of nitrogens with zero attached hydrogens (tertiary/aromatic N) is 2. The van der Waals surface area contributed by atoms with Crippen LogP contribution in [-0.2, 0) is 0 Å². The van der Waals surface area contributed by atoms with Crippen molar-refractivity contribution in [1.82, 2.24) is 0 Å². The van der Waals surface area contributed by atoms with Crippen molar-refractivity contribution in [2.75, 3.05) is 5.06 Å². The lowest BCUT2D eigenvalue weighted by atomic mass is 10.1. The summed E-state index contributed by atoms with van der Waals surface area (Å²) in [6.45, 7) is 10.4. The Bertz CT molecular complexity index is 487. The SMILES string of the molecule is CC(C)(C)N([O-])c1cc(F)cc([N+](=O)C(C)(C)C)c1. The fourth-order valence-corrected chi connectivity index (χ4v) is 1.57. The number of hydrogen-bond acceptors (Lipinski definition) is 3. The molecule has 0 aliphatic carbocycles. The lowest BCUT2D eigenvalue weighted by Gasteiger charge is -2.43. The fraction of sp³-hybridized carbons (Fsp3) is 0.571. The average molecular weight is 268 g/mol. The Hall–Kier alpha value is -1.49. The minimum atomic E-state index is -0.694. The molecule has 106 valence electrons. The number of benzene rings is 1. The van der Waals surface area contributed by atoms with E-state index >= 15 is 0 Å². The number of halogens is 1. The Morgan fingerprint density at radius 1 is 1.11 bits per heavy atom. The molecule has 1 aromatic rings. The molecule has 4 nitrogen and oxygen atoms in total. The maximum Gasteiger partial charge on any atom is 0.261 e. The first-order chi connectivity index (χ1) is 8.43. The molecule has 0 unspecified atom stereocenters. The summed E-state index contributed by atoms with van der Waals surface area (Å²) in [6, 6.07) is 3.69. The molecule has 5 heteroatoms. The van der Waals surface area contributed by atoms with Crippen LogP contribution in [0.5, 0.6) is 0 Å². The van der Waals surface area contributed by atoms with E-state index in [2.05, 4.69) is 0 Å². The summed E-state index contributed by atoms with van der Waals surface area (Å²) in [5, 5.41) is 12.8. The Kier molecular flexibility index (Phi) is 4.00. The van der Waals surface area contributed by atoms with E-state index in [1.54, 1.807) is 41.5 Å². The quantitative estimate of drug-likeness (QED) is 0.598. The molecule has 0 saturated carbocycles. The second-order valence-corrected chi connectivity index (χ2v) is 6.60.